The van der Waals surface area contributed by atoms with E-state index in [9.17, 15) is 0 Å². The highest BCUT2D eigenvalue weighted by atomic mass is 32.1. The van der Waals surface area contributed by atoms with Crippen LogP contribution in [-0.2, 0) is 6.54 Å². The Balaban J connectivity index is 2.26. The number of unbranched alkanes of at least 4 members (excludes halogenated alkanes) is 2. The van der Waals surface area contributed by atoms with Crippen molar-refractivity contribution in [1.82, 2.24) is 14.5 Å². The van der Waals surface area contributed by atoms with Gasteiger partial charge in [-0.2, -0.15) is 0 Å². The second-order valence-corrected chi connectivity index (χ2v) is 6.85. The summed E-state index contributed by atoms with van der Waals surface area (Å²) in [5.41, 5.74) is 3.29. The van der Waals surface area contributed by atoms with Crippen molar-refractivity contribution in [2.75, 3.05) is 0 Å². The van der Waals surface area contributed by atoms with Gasteiger partial charge in [-0.1, -0.05) is 40.0 Å². The summed E-state index contributed by atoms with van der Waals surface area (Å²) in [6.07, 6.45) is 5.08. The molecule has 0 aliphatic rings. The third-order valence-corrected chi connectivity index (χ3v) is 4.12. The number of aromatic nitrogens is 3. The first-order valence-electron chi connectivity index (χ1n) is 7.49. The molecule has 0 amide bonds. The Bertz CT molecular complexity index is 637. The molecule has 0 spiro atoms. The number of rotatable bonds is 6. The lowest BCUT2D eigenvalue weighted by atomic mass is 9.87. The lowest BCUT2D eigenvalue weighted by Crippen LogP contribution is -2.20. The maximum Gasteiger partial charge on any atom is 0.179 e. The zero-order valence-electron chi connectivity index (χ0n) is 13.0. The SMILES string of the molecule is CCCCCC(C)(C)Cn1c(=S)[nH]c2ccc(C)nc21. The van der Waals surface area contributed by atoms with E-state index in [1.807, 2.05) is 13.0 Å². The van der Waals surface area contributed by atoms with Gasteiger partial charge in [-0.25, -0.2) is 4.98 Å². The minimum absolute atomic E-state index is 0.244. The van der Waals surface area contributed by atoms with E-state index in [1.54, 1.807) is 0 Å². The van der Waals surface area contributed by atoms with Crippen molar-refractivity contribution in [1.29, 1.82) is 0 Å². The molecular weight excluding hydrogens is 266 g/mol. The van der Waals surface area contributed by atoms with E-state index in [0.717, 1.165) is 28.2 Å². The minimum Gasteiger partial charge on any atom is -0.329 e. The van der Waals surface area contributed by atoms with Gasteiger partial charge in [0.1, 0.15) is 0 Å². The normalized spacial score (nSPS) is 12.2. The van der Waals surface area contributed by atoms with E-state index in [0.29, 0.717) is 0 Å². The summed E-state index contributed by atoms with van der Waals surface area (Å²) < 4.78 is 2.94. The number of H-pyrrole nitrogens is 1. The average molecular weight is 291 g/mol. The van der Waals surface area contributed by atoms with Gasteiger partial charge < -0.3 is 9.55 Å². The monoisotopic (exact) mass is 291 g/mol. The molecule has 4 heteroatoms. The standard InChI is InChI=1S/C16H25N3S/c1-5-6-7-10-16(3,4)11-19-14-13(18-15(19)20)9-8-12(2)17-14/h8-9H,5-7,10-11H2,1-4H3,(H,18,20). The zero-order valence-corrected chi connectivity index (χ0v) is 13.8. The number of fused-ring (bicyclic) bond motifs is 1. The molecule has 0 unspecified atom stereocenters. The van der Waals surface area contributed by atoms with Crippen molar-refractivity contribution >= 4 is 23.4 Å². The van der Waals surface area contributed by atoms with Gasteiger partial charge in [-0.3, -0.25) is 0 Å². The Morgan fingerprint density at radius 1 is 1.30 bits per heavy atom. The van der Waals surface area contributed by atoms with Gasteiger partial charge in [0.05, 0.1) is 5.52 Å². The van der Waals surface area contributed by atoms with Gasteiger partial charge >= 0.3 is 0 Å². The van der Waals surface area contributed by atoms with Gasteiger partial charge in [0.15, 0.2) is 10.4 Å². The Kier molecular flexibility index (Phi) is 4.63. The summed E-state index contributed by atoms with van der Waals surface area (Å²) in [5, 5.41) is 0. The first-order valence-corrected chi connectivity index (χ1v) is 7.90. The molecule has 2 heterocycles. The van der Waals surface area contributed by atoms with E-state index >= 15 is 0 Å². The van der Waals surface area contributed by atoms with Crippen LogP contribution in [-0.4, -0.2) is 14.5 Å². The number of imidazole rings is 1. The van der Waals surface area contributed by atoms with Gasteiger partial charge in [-0.05, 0) is 43.1 Å². The van der Waals surface area contributed by atoms with Crippen molar-refractivity contribution in [3.05, 3.63) is 22.6 Å². The van der Waals surface area contributed by atoms with E-state index < -0.39 is 0 Å². The quantitative estimate of drug-likeness (QED) is 0.599. The van der Waals surface area contributed by atoms with Crippen molar-refractivity contribution < 1.29 is 0 Å². The van der Waals surface area contributed by atoms with Crippen molar-refractivity contribution in [2.24, 2.45) is 5.41 Å². The molecular formula is C16H25N3S. The number of pyridine rings is 1. The molecule has 20 heavy (non-hydrogen) atoms. The molecule has 0 radical (unpaired) electrons. The van der Waals surface area contributed by atoms with Crippen LogP contribution in [0.25, 0.3) is 11.2 Å². The van der Waals surface area contributed by atoms with Crippen molar-refractivity contribution in [2.45, 2.75) is 59.9 Å². The Morgan fingerprint density at radius 3 is 2.75 bits per heavy atom. The first kappa shape index (κ1) is 15.2. The van der Waals surface area contributed by atoms with Crippen LogP contribution < -0.4 is 0 Å². The summed E-state index contributed by atoms with van der Waals surface area (Å²) in [7, 11) is 0. The summed E-state index contributed by atoms with van der Waals surface area (Å²) in [6, 6.07) is 4.08. The Hall–Kier alpha value is -1.16. The molecule has 2 aromatic heterocycles. The number of aromatic amines is 1. The van der Waals surface area contributed by atoms with Crippen molar-refractivity contribution in [3.63, 3.8) is 0 Å². The Morgan fingerprint density at radius 2 is 2.05 bits per heavy atom. The summed E-state index contributed by atoms with van der Waals surface area (Å²) in [6.45, 7) is 9.83. The zero-order chi connectivity index (χ0) is 14.8. The van der Waals surface area contributed by atoms with Crippen LogP contribution in [0.5, 0.6) is 0 Å². The average Bonchev–Trinajstić information content (AvgIpc) is 2.66. The predicted octanol–water partition coefficient (Wildman–Crippen LogP) is 5.01. The van der Waals surface area contributed by atoms with E-state index in [-0.39, 0.29) is 5.41 Å². The molecule has 0 saturated heterocycles. The Labute approximate surface area is 126 Å². The van der Waals surface area contributed by atoms with Crippen LogP contribution in [0.15, 0.2) is 12.1 Å². The molecule has 2 aromatic rings. The number of nitrogens with zero attached hydrogens (tertiary/aromatic N) is 2. The maximum atomic E-state index is 5.47. The molecule has 0 aliphatic carbocycles. The fourth-order valence-corrected chi connectivity index (χ4v) is 2.89. The van der Waals surface area contributed by atoms with Gasteiger partial charge in [-0.15, -0.1) is 0 Å². The highest BCUT2D eigenvalue weighted by Gasteiger charge is 2.20. The molecule has 0 bridgehead atoms. The topological polar surface area (TPSA) is 33.6 Å². The summed E-state index contributed by atoms with van der Waals surface area (Å²) in [5.74, 6) is 0. The number of nitrogens with one attached hydrogen (secondary N) is 1. The van der Waals surface area contributed by atoms with E-state index in [4.69, 9.17) is 12.2 Å². The lowest BCUT2D eigenvalue weighted by molar-refractivity contribution is 0.273. The highest BCUT2D eigenvalue weighted by Crippen LogP contribution is 2.27. The second-order valence-electron chi connectivity index (χ2n) is 6.46. The smallest absolute Gasteiger partial charge is 0.179 e. The molecule has 0 aliphatic heterocycles. The van der Waals surface area contributed by atoms with Gasteiger partial charge in [0.2, 0.25) is 0 Å². The van der Waals surface area contributed by atoms with Gasteiger partial charge in [0, 0.05) is 12.2 Å². The molecule has 0 saturated carbocycles. The van der Waals surface area contributed by atoms with Crippen LogP contribution >= 0.6 is 12.2 Å². The molecule has 1 N–H and O–H groups in total. The highest BCUT2D eigenvalue weighted by molar-refractivity contribution is 7.71. The fraction of sp³-hybridized carbons (Fsp3) is 0.625. The fourth-order valence-electron chi connectivity index (χ4n) is 2.63. The molecule has 110 valence electrons. The van der Waals surface area contributed by atoms with Crippen LogP contribution in [0.4, 0.5) is 0 Å². The molecule has 3 nitrogen and oxygen atoms in total. The number of hydrogen-bond donors (Lipinski definition) is 1. The first-order chi connectivity index (χ1) is 9.43. The third-order valence-electron chi connectivity index (χ3n) is 3.80. The molecule has 2 rings (SSSR count). The largest absolute Gasteiger partial charge is 0.329 e. The van der Waals surface area contributed by atoms with E-state index in [2.05, 4.69) is 41.4 Å². The third kappa shape index (κ3) is 3.48. The molecule has 0 aromatic carbocycles. The van der Waals surface area contributed by atoms with Gasteiger partial charge in [0.25, 0.3) is 0 Å². The molecule has 0 fully saturated rings. The van der Waals surface area contributed by atoms with Crippen LogP contribution in [0.2, 0.25) is 0 Å². The van der Waals surface area contributed by atoms with Crippen molar-refractivity contribution in [3.8, 4) is 0 Å². The second kappa shape index (κ2) is 6.08. The van der Waals surface area contributed by atoms with Crippen LogP contribution in [0.3, 0.4) is 0 Å². The minimum atomic E-state index is 0.244. The van der Waals surface area contributed by atoms with Crippen LogP contribution in [0.1, 0.15) is 52.1 Å². The van der Waals surface area contributed by atoms with E-state index in [1.165, 1.54) is 25.7 Å². The lowest BCUT2D eigenvalue weighted by Gasteiger charge is -2.25. The predicted molar refractivity (Wildman–Crippen MR) is 87.6 cm³/mol. The number of hydrogen-bond acceptors (Lipinski definition) is 2. The number of aryl methyl sites for hydroxylation is 1. The molecule has 0 atom stereocenters. The maximum absolute atomic E-state index is 5.47. The summed E-state index contributed by atoms with van der Waals surface area (Å²) >= 11 is 5.47. The van der Waals surface area contributed by atoms with Crippen LogP contribution in [0, 0.1) is 17.1 Å². The summed E-state index contributed by atoms with van der Waals surface area (Å²) in [4.78, 5) is 7.90.